The van der Waals surface area contributed by atoms with Crippen LogP contribution in [-0.4, -0.2) is 17.9 Å². The topological polar surface area (TPSA) is 51.2 Å². The maximum Gasteiger partial charge on any atom is 0.143 e. The zero-order valence-electron chi connectivity index (χ0n) is 28.2. The summed E-state index contributed by atoms with van der Waals surface area (Å²) in [5.41, 5.74) is 0. The molecule has 0 spiro atoms. The summed E-state index contributed by atoms with van der Waals surface area (Å²) >= 11 is 0. The van der Waals surface area contributed by atoms with Gasteiger partial charge < -0.3 is 4.79 Å². The van der Waals surface area contributed by atoms with Gasteiger partial charge in [-0.3, -0.25) is 9.59 Å². The van der Waals surface area contributed by atoms with Crippen LogP contribution in [-0.2, 0) is 14.4 Å². The Labute approximate surface area is 262 Å². The van der Waals surface area contributed by atoms with Crippen LogP contribution < -0.4 is 0 Å². The number of hydrogen-bond donors (Lipinski definition) is 0. The monoisotopic (exact) mass is 587 g/mol. The number of carbonyl (C=O) groups excluding carboxylic acids is 3. The number of Topliss-reactive ketones (excluding diaryl/α,β-unsaturated/α-hetero) is 2. The fraction of sp³-hybridized carbons (Fsp3) is 0.821. The lowest BCUT2D eigenvalue weighted by Gasteiger charge is -2.12. The lowest BCUT2D eigenvalue weighted by molar-refractivity contribution is -0.134. The van der Waals surface area contributed by atoms with Crippen molar-refractivity contribution in [2.24, 2.45) is 5.92 Å². The van der Waals surface area contributed by atoms with Crippen LogP contribution in [0.2, 0.25) is 0 Å². The highest BCUT2D eigenvalue weighted by atomic mass is 16.2. The molecule has 0 aliphatic heterocycles. The molecule has 0 amide bonds. The van der Waals surface area contributed by atoms with E-state index in [-0.39, 0.29) is 18.0 Å². The third-order valence-electron chi connectivity index (χ3n) is 8.48. The zero-order valence-corrected chi connectivity index (χ0v) is 28.2. The van der Waals surface area contributed by atoms with Gasteiger partial charge in [0.25, 0.3) is 0 Å². The fourth-order valence-corrected chi connectivity index (χ4v) is 5.63. The lowest BCUT2D eigenvalue weighted by Crippen LogP contribution is -2.24. The van der Waals surface area contributed by atoms with E-state index in [0.29, 0.717) is 12.8 Å². The second-order valence-corrected chi connectivity index (χ2v) is 12.6. The first kappa shape index (κ1) is 40.5. The molecule has 3 heteroatoms. The number of ketones is 2. The minimum atomic E-state index is -0.698. The minimum Gasteiger partial charge on any atom is -0.303 e. The van der Waals surface area contributed by atoms with Crippen molar-refractivity contribution in [2.75, 3.05) is 0 Å². The van der Waals surface area contributed by atoms with Gasteiger partial charge in [-0.15, -0.1) is 0 Å². The molecule has 0 rings (SSSR count). The maximum absolute atomic E-state index is 12.7. The molecule has 0 unspecified atom stereocenters. The third kappa shape index (κ3) is 28.6. The Bertz CT molecular complexity index is 611. The van der Waals surface area contributed by atoms with E-state index < -0.39 is 5.92 Å². The number of hydrogen-bond acceptors (Lipinski definition) is 3. The normalized spacial score (nSPS) is 12.4. The van der Waals surface area contributed by atoms with E-state index in [4.69, 9.17) is 0 Å². The van der Waals surface area contributed by atoms with Gasteiger partial charge in [0.05, 0.1) is 5.92 Å². The molecule has 0 aromatic rings. The molecule has 244 valence electrons. The van der Waals surface area contributed by atoms with Crippen LogP contribution in [0.4, 0.5) is 0 Å². The molecule has 0 saturated carbocycles. The van der Waals surface area contributed by atoms with Gasteiger partial charge in [0.15, 0.2) is 0 Å². The van der Waals surface area contributed by atoms with Crippen LogP contribution in [0.5, 0.6) is 0 Å². The Kier molecular flexibility index (Phi) is 32.8. The predicted octanol–water partition coefficient (Wildman–Crippen LogP) is 12.4. The smallest absolute Gasteiger partial charge is 0.143 e. The van der Waals surface area contributed by atoms with Crippen LogP contribution in [0.3, 0.4) is 0 Å². The zero-order chi connectivity index (χ0) is 30.8. The Hall–Kier alpha value is -1.51. The number of aldehydes is 1. The lowest BCUT2D eigenvalue weighted by atomic mass is 9.89. The van der Waals surface area contributed by atoms with Gasteiger partial charge >= 0.3 is 0 Å². The molecular weight excluding hydrogens is 516 g/mol. The number of unbranched alkanes of at least 4 members (excludes halogenated alkanes) is 22. The summed E-state index contributed by atoms with van der Waals surface area (Å²) in [6, 6.07) is 0. The number of allylic oxidation sites excluding steroid dienone is 4. The highest BCUT2D eigenvalue weighted by molar-refractivity contribution is 6.03. The first-order chi connectivity index (χ1) is 20.7. The Morgan fingerprint density at radius 1 is 0.429 bits per heavy atom. The summed E-state index contributed by atoms with van der Waals surface area (Å²) in [6.45, 7) is 4.52. The Morgan fingerprint density at radius 3 is 1.02 bits per heavy atom. The molecule has 0 aromatic heterocycles. The summed E-state index contributed by atoms with van der Waals surface area (Å²) in [5.74, 6) is -0.731. The van der Waals surface area contributed by atoms with Gasteiger partial charge in [-0.2, -0.15) is 0 Å². The van der Waals surface area contributed by atoms with Crippen molar-refractivity contribution >= 4 is 17.9 Å². The SMILES string of the molecule is CCCCCCCCC=CCCCCCCCC(=O)C(CC=O)C(=O)CCCCCCCC=CCCCCCCCC. The van der Waals surface area contributed by atoms with E-state index >= 15 is 0 Å². The third-order valence-corrected chi connectivity index (χ3v) is 8.48. The number of carbonyl (C=O) groups is 3. The fourth-order valence-electron chi connectivity index (χ4n) is 5.63. The Morgan fingerprint density at radius 2 is 0.714 bits per heavy atom. The van der Waals surface area contributed by atoms with Gasteiger partial charge in [-0.05, 0) is 64.2 Å². The van der Waals surface area contributed by atoms with Crippen molar-refractivity contribution in [1.82, 2.24) is 0 Å². The molecule has 0 N–H and O–H groups in total. The summed E-state index contributed by atoms with van der Waals surface area (Å²) in [5, 5.41) is 0. The largest absolute Gasteiger partial charge is 0.303 e. The molecule has 42 heavy (non-hydrogen) atoms. The van der Waals surface area contributed by atoms with Gasteiger partial charge in [0, 0.05) is 19.3 Å². The molecule has 3 nitrogen and oxygen atoms in total. The van der Waals surface area contributed by atoms with Crippen LogP contribution in [0.1, 0.15) is 200 Å². The van der Waals surface area contributed by atoms with E-state index in [1.54, 1.807) is 0 Å². The average molecular weight is 587 g/mol. The first-order valence-corrected chi connectivity index (χ1v) is 18.5. The van der Waals surface area contributed by atoms with Crippen LogP contribution >= 0.6 is 0 Å². The van der Waals surface area contributed by atoms with Gasteiger partial charge in [-0.25, -0.2) is 0 Å². The first-order valence-electron chi connectivity index (χ1n) is 18.5. The quantitative estimate of drug-likeness (QED) is 0.0326. The van der Waals surface area contributed by atoms with Crippen molar-refractivity contribution in [3.05, 3.63) is 24.3 Å². The summed E-state index contributed by atoms with van der Waals surface area (Å²) in [7, 11) is 0. The van der Waals surface area contributed by atoms with Crippen LogP contribution in [0.15, 0.2) is 24.3 Å². The maximum atomic E-state index is 12.7. The van der Waals surface area contributed by atoms with Crippen molar-refractivity contribution < 1.29 is 14.4 Å². The predicted molar refractivity (Wildman–Crippen MR) is 183 cm³/mol. The van der Waals surface area contributed by atoms with E-state index in [0.717, 1.165) is 57.7 Å². The average Bonchev–Trinajstić information content (AvgIpc) is 2.99. The van der Waals surface area contributed by atoms with Crippen molar-refractivity contribution in [2.45, 2.75) is 200 Å². The second kappa shape index (κ2) is 34.0. The summed E-state index contributed by atoms with van der Waals surface area (Å²) in [6.07, 6.45) is 42.9. The van der Waals surface area contributed by atoms with Gasteiger partial charge in [0.2, 0.25) is 0 Å². The molecule has 0 heterocycles. The van der Waals surface area contributed by atoms with Crippen LogP contribution in [0.25, 0.3) is 0 Å². The molecule has 0 aliphatic carbocycles. The summed E-state index contributed by atoms with van der Waals surface area (Å²) in [4.78, 5) is 36.5. The number of rotatable bonds is 34. The van der Waals surface area contributed by atoms with Gasteiger partial charge in [-0.1, -0.05) is 141 Å². The highest BCUT2D eigenvalue weighted by Gasteiger charge is 2.24. The standard InChI is InChI=1S/C39H70O3/c1-3-5-7-9-11-13-15-17-19-21-23-25-27-29-31-33-38(41)37(35-36-40)39(42)34-32-30-28-26-24-22-20-18-16-14-12-10-8-6-4-2/h17-20,36-37H,3-16,21-35H2,1-2H3. The molecule has 0 aromatic carbocycles. The highest BCUT2D eigenvalue weighted by Crippen LogP contribution is 2.17. The van der Waals surface area contributed by atoms with Gasteiger partial charge in [0.1, 0.15) is 17.9 Å². The van der Waals surface area contributed by atoms with E-state index in [2.05, 4.69) is 38.2 Å². The molecular formula is C39H70O3. The Balaban J connectivity index is 3.74. The molecule has 0 saturated heterocycles. The van der Waals surface area contributed by atoms with Crippen molar-refractivity contribution in [3.63, 3.8) is 0 Å². The van der Waals surface area contributed by atoms with Crippen LogP contribution in [0, 0.1) is 5.92 Å². The molecule has 0 radical (unpaired) electrons. The molecule has 0 aliphatic rings. The van der Waals surface area contributed by atoms with Crippen molar-refractivity contribution in [3.8, 4) is 0 Å². The minimum absolute atomic E-state index is 0.0162. The van der Waals surface area contributed by atoms with E-state index in [1.165, 1.54) is 116 Å². The molecule has 0 atom stereocenters. The van der Waals surface area contributed by atoms with Crippen molar-refractivity contribution in [1.29, 1.82) is 0 Å². The molecule has 0 bridgehead atoms. The van der Waals surface area contributed by atoms with E-state index in [1.807, 2.05) is 0 Å². The second-order valence-electron chi connectivity index (χ2n) is 12.6. The van der Waals surface area contributed by atoms with E-state index in [9.17, 15) is 14.4 Å². The summed E-state index contributed by atoms with van der Waals surface area (Å²) < 4.78 is 0. The molecule has 0 fully saturated rings.